The predicted molar refractivity (Wildman–Crippen MR) is 126 cm³/mol. The van der Waals surface area contributed by atoms with Crippen LogP contribution >= 0.6 is 0 Å². The zero-order valence-corrected chi connectivity index (χ0v) is 17.9. The summed E-state index contributed by atoms with van der Waals surface area (Å²) in [5.41, 5.74) is 4.67. The highest BCUT2D eigenvalue weighted by molar-refractivity contribution is 5.94. The number of amides is 1. The average molecular weight is 428 g/mol. The molecule has 1 atom stereocenters. The van der Waals surface area contributed by atoms with Gasteiger partial charge in [0.25, 0.3) is 11.6 Å². The van der Waals surface area contributed by atoms with Crippen molar-refractivity contribution in [2.45, 2.75) is 5.92 Å². The molecule has 0 fully saturated rings. The molecule has 0 spiro atoms. The lowest BCUT2D eigenvalue weighted by molar-refractivity contribution is -0.384. The number of nitrogens with one attached hydrogen (secondary N) is 2. The Morgan fingerprint density at radius 3 is 2.38 bits per heavy atom. The van der Waals surface area contributed by atoms with Crippen molar-refractivity contribution in [3.8, 4) is 0 Å². The van der Waals surface area contributed by atoms with Gasteiger partial charge in [0.05, 0.1) is 4.92 Å². The van der Waals surface area contributed by atoms with Gasteiger partial charge in [0, 0.05) is 67.0 Å². The number of aromatic amines is 1. The first kappa shape index (κ1) is 21.1. The Bertz CT molecular complexity index is 1240. The van der Waals surface area contributed by atoms with Gasteiger partial charge >= 0.3 is 0 Å². The van der Waals surface area contributed by atoms with Gasteiger partial charge in [0.1, 0.15) is 0 Å². The molecule has 0 saturated heterocycles. The third-order valence-electron chi connectivity index (χ3n) is 5.62. The van der Waals surface area contributed by atoms with E-state index in [1.165, 1.54) is 24.3 Å². The number of benzene rings is 3. The lowest BCUT2D eigenvalue weighted by atomic mass is 9.90. The van der Waals surface area contributed by atoms with Crippen LogP contribution in [0.4, 0.5) is 11.4 Å². The molecule has 4 aromatic rings. The number of nitrogens with zero attached hydrogens (tertiary/aromatic N) is 2. The third kappa shape index (κ3) is 4.32. The second-order valence-electron chi connectivity index (χ2n) is 7.84. The number of fused-ring (bicyclic) bond motifs is 1. The van der Waals surface area contributed by atoms with E-state index in [2.05, 4.69) is 40.6 Å². The highest BCUT2D eigenvalue weighted by Crippen LogP contribution is 2.31. The second-order valence-corrected chi connectivity index (χ2v) is 7.84. The van der Waals surface area contributed by atoms with Crippen LogP contribution in [0.3, 0.4) is 0 Å². The molecule has 3 aromatic carbocycles. The number of nitro benzene ring substituents is 1. The Balaban J connectivity index is 1.62. The second kappa shape index (κ2) is 8.93. The van der Waals surface area contributed by atoms with Crippen LogP contribution in [-0.2, 0) is 0 Å². The van der Waals surface area contributed by atoms with Crippen LogP contribution < -0.4 is 10.2 Å². The molecule has 0 saturated carbocycles. The van der Waals surface area contributed by atoms with E-state index >= 15 is 0 Å². The van der Waals surface area contributed by atoms with E-state index in [1.54, 1.807) is 0 Å². The molecular formula is C25H24N4O3. The highest BCUT2D eigenvalue weighted by Gasteiger charge is 2.20. The van der Waals surface area contributed by atoms with E-state index < -0.39 is 4.92 Å². The normalized spacial score (nSPS) is 11.8. The van der Waals surface area contributed by atoms with Crippen LogP contribution in [0.5, 0.6) is 0 Å². The van der Waals surface area contributed by atoms with Crippen LogP contribution in [-0.4, -0.2) is 36.5 Å². The summed E-state index contributed by atoms with van der Waals surface area (Å²) in [5, 5.41) is 15.0. The monoisotopic (exact) mass is 428 g/mol. The number of hydrogen-bond acceptors (Lipinski definition) is 4. The van der Waals surface area contributed by atoms with Crippen molar-refractivity contribution in [2.75, 3.05) is 25.5 Å². The number of anilines is 1. The number of aromatic nitrogens is 1. The molecule has 0 radical (unpaired) electrons. The Kier molecular flexibility index (Phi) is 5.89. The first-order chi connectivity index (χ1) is 15.4. The maximum absolute atomic E-state index is 12.7. The summed E-state index contributed by atoms with van der Waals surface area (Å²) in [6.45, 7) is 0.388. The summed E-state index contributed by atoms with van der Waals surface area (Å²) in [6.07, 6.45) is 1.99. The first-order valence-corrected chi connectivity index (χ1v) is 10.3. The molecule has 0 aliphatic heterocycles. The van der Waals surface area contributed by atoms with Crippen molar-refractivity contribution < 1.29 is 9.72 Å². The van der Waals surface area contributed by atoms with E-state index in [1.807, 2.05) is 43.4 Å². The quantitative estimate of drug-likeness (QED) is 0.330. The molecule has 162 valence electrons. The largest absolute Gasteiger partial charge is 0.378 e. The van der Waals surface area contributed by atoms with Gasteiger partial charge in [-0.15, -0.1) is 0 Å². The number of nitro groups is 1. The van der Waals surface area contributed by atoms with Crippen molar-refractivity contribution >= 4 is 28.2 Å². The van der Waals surface area contributed by atoms with Gasteiger partial charge in [-0.25, -0.2) is 0 Å². The zero-order chi connectivity index (χ0) is 22.7. The number of carbonyl (C=O) groups excluding carboxylic acids is 1. The highest BCUT2D eigenvalue weighted by atomic mass is 16.6. The van der Waals surface area contributed by atoms with Gasteiger partial charge in [-0.1, -0.05) is 30.3 Å². The average Bonchev–Trinajstić information content (AvgIpc) is 3.23. The predicted octanol–water partition coefficient (Wildman–Crippen LogP) is 4.70. The van der Waals surface area contributed by atoms with Gasteiger partial charge in [-0.2, -0.15) is 0 Å². The lowest BCUT2D eigenvalue weighted by Gasteiger charge is -2.20. The number of non-ortho nitro benzene ring substituents is 1. The van der Waals surface area contributed by atoms with Gasteiger partial charge in [-0.3, -0.25) is 14.9 Å². The van der Waals surface area contributed by atoms with Crippen molar-refractivity contribution in [3.63, 3.8) is 0 Å². The Labute approximate surface area is 185 Å². The minimum Gasteiger partial charge on any atom is -0.378 e. The van der Waals surface area contributed by atoms with Crippen LogP contribution in [0.2, 0.25) is 0 Å². The summed E-state index contributed by atoms with van der Waals surface area (Å²) in [6, 6.07) is 22.0. The molecule has 1 aromatic heterocycles. The fourth-order valence-corrected chi connectivity index (χ4v) is 3.83. The van der Waals surface area contributed by atoms with Crippen LogP contribution in [0.1, 0.15) is 27.4 Å². The van der Waals surface area contributed by atoms with Crippen molar-refractivity contribution in [3.05, 3.63) is 106 Å². The molecule has 7 nitrogen and oxygen atoms in total. The maximum atomic E-state index is 12.7. The summed E-state index contributed by atoms with van der Waals surface area (Å²) in [7, 11) is 3.99. The molecular weight excluding hydrogens is 404 g/mol. The van der Waals surface area contributed by atoms with Crippen molar-refractivity contribution in [1.82, 2.24) is 10.3 Å². The van der Waals surface area contributed by atoms with Gasteiger partial charge in [0.15, 0.2) is 0 Å². The standard InChI is InChI=1S/C25H24N4O3/c1-28(2)19-11-7-17(8-12-19)22(23-16-26-24-6-4-3-5-21(23)24)15-27-25(30)18-9-13-20(14-10-18)29(31)32/h3-14,16,22,26H,15H2,1-2H3,(H,27,30)/t22-/m1/s1. The summed E-state index contributed by atoms with van der Waals surface area (Å²) >= 11 is 0. The summed E-state index contributed by atoms with van der Waals surface area (Å²) in [4.78, 5) is 28.5. The van der Waals surface area contributed by atoms with E-state index in [0.29, 0.717) is 12.1 Å². The van der Waals surface area contributed by atoms with Gasteiger partial charge < -0.3 is 15.2 Å². The molecule has 1 heterocycles. The van der Waals surface area contributed by atoms with E-state index in [-0.39, 0.29) is 17.5 Å². The minimum atomic E-state index is -0.480. The van der Waals surface area contributed by atoms with E-state index in [0.717, 1.165) is 27.7 Å². The number of carbonyl (C=O) groups is 1. The molecule has 7 heteroatoms. The number of rotatable bonds is 7. The minimum absolute atomic E-state index is 0.0424. The first-order valence-electron chi connectivity index (χ1n) is 10.3. The molecule has 1 amide bonds. The van der Waals surface area contributed by atoms with E-state index in [4.69, 9.17) is 0 Å². The summed E-state index contributed by atoms with van der Waals surface area (Å²) < 4.78 is 0. The molecule has 2 N–H and O–H groups in total. The Hall–Kier alpha value is -4.13. The SMILES string of the molecule is CN(C)c1ccc([C@@H](CNC(=O)c2ccc([N+](=O)[O-])cc2)c2c[nH]c3ccccc23)cc1. The molecule has 4 rings (SSSR count). The number of H-pyrrole nitrogens is 1. The Morgan fingerprint density at radius 1 is 1.03 bits per heavy atom. The molecule has 0 aliphatic rings. The zero-order valence-electron chi connectivity index (χ0n) is 17.9. The van der Waals surface area contributed by atoms with Crippen LogP contribution in [0.25, 0.3) is 10.9 Å². The fourth-order valence-electron chi connectivity index (χ4n) is 3.83. The van der Waals surface area contributed by atoms with Crippen LogP contribution in [0, 0.1) is 10.1 Å². The number of hydrogen-bond donors (Lipinski definition) is 2. The van der Waals surface area contributed by atoms with Gasteiger partial charge in [-0.05, 0) is 41.5 Å². The van der Waals surface area contributed by atoms with Gasteiger partial charge in [0.2, 0.25) is 0 Å². The number of para-hydroxylation sites is 1. The van der Waals surface area contributed by atoms with E-state index in [9.17, 15) is 14.9 Å². The smallest absolute Gasteiger partial charge is 0.269 e. The lowest BCUT2D eigenvalue weighted by Crippen LogP contribution is -2.28. The molecule has 32 heavy (non-hydrogen) atoms. The van der Waals surface area contributed by atoms with Crippen molar-refractivity contribution in [2.24, 2.45) is 0 Å². The Morgan fingerprint density at radius 2 is 1.72 bits per heavy atom. The fraction of sp³-hybridized carbons (Fsp3) is 0.160. The molecule has 0 unspecified atom stereocenters. The summed E-state index contributed by atoms with van der Waals surface area (Å²) in [5.74, 6) is -0.334. The van der Waals surface area contributed by atoms with Crippen LogP contribution in [0.15, 0.2) is 79.0 Å². The van der Waals surface area contributed by atoms with Crippen molar-refractivity contribution in [1.29, 1.82) is 0 Å². The third-order valence-corrected chi connectivity index (χ3v) is 5.62. The maximum Gasteiger partial charge on any atom is 0.269 e. The molecule has 0 aliphatic carbocycles. The molecule has 0 bridgehead atoms. The topological polar surface area (TPSA) is 91.3 Å².